The lowest BCUT2D eigenvalue weighted by Crippen LogP contribution is -1.97. The third-order valence-corrected chi connectivity index (χ3v) is 5.20. The zero-order chi connectivity index (χ0) is 20.2. The van der Waals surface area contributed by atoms with Gasteiger partial charge in [0, 0.05) is 23.4 Å². The van der Waals surface area contributed by atoms with Gasteiger partial charge >= 0.3 is 0 Å². The minimum atomic E-state index is -0.407. The summed E-state index contributed by atoms with van der Waals surface area (Å²) in [6.45, 7) is 2.57. The summed E-state index contributed by atoms with van der Waals surface area (Å²) in [6.07, 6.45) is 0. The fourth-order valence-electron chi connectivity index (χ4n) is 2.76. The van der Waals surface area contributed by atoms with Crippen molar-refractivity contribution in [2.24, 2.45) is 0 Å². The molecule has 0 N–H and O–H groups in total. The number of non-ortho nitro benzene ring substituents is 1. The molecule has 0 aliphatic rings. The van der Waals surface area contributed by atoms with Gasteiger partial charge in [-0.05, 0) is 48.9 Å². The van der Waals surface area contributed by atoms with E-state index in [1.807, 2.05) is 43.3 Å². The molecule has 0 bridgehead atoms. The van der Waals surface area contributed by atoms with Crippen molar-refractivity contribution in [2.75, 3.05) is 6.61 Å². The summed E-state index contributed by atoms with van der Waals surface area (Å²) in [4.78, 5) is 10.4. The highest BCUT2D eigenvalue weighted by Gasteiger charge is 2.11. The van der Waals surface area contributed by atoms with Gasteiger partial charge in [0.2, 0.25) is 5.16 Å². The number of aromatic nitrogens is 4. The van der Waals surface area contributed by atoms with Gasteiger partial charge in [-0.15, -0.1) is 10.2 Å². The maximum Gasteiger partial charge on any atom is 0.269 e. The number of fused-ring (bicyclic) bond motifs is 1. The second-order valence-corrected chi connectivity index (χ2v) is 7.08. The van der Waals surface area contributed by atoms with E-state index in [2.05, 4.69) is 15.3 Å². The van der Waals surface area contributed by atoms with Crippen LogP contribution in [-0.4, -0.2) is 31.3 Å². The first-order valence-corrected chi connectivity index (χ1v) is 9.94. The van der Waals surface area contributed by atoms with E-state index in [-0.39, 0.29) is 5.69 Å². The van der Waals surface area contributed by atoms with Crippen LogP contribution in [0.2, 0.25) is 0 Å². The van der Waals surface area contributed by atoms with Gasteiger partial charge in [0.1, 0.15) is 5.75 Å². The van der Waals surface area contributed by atoms with Crippen LogP contribution in [0.1, 0.15) is 12.5 Å². The molecule has 2 heterocycles. The lowest BCUT2D eigenvalue weighted by molar-refractivity contribution is -0.384. The molecule has 2 aromatic carbocycles. The predicted octanol–water partition coefficient (Wildman–Crippen LogP) is 4.39. The van der Waals surface area contributed by atoms with Crippen molar-refractivity contribution < 1.29 is 9.66 Å². The Hall–Kier alpha value is -3.46. The highest BCUT2D eigenvalue weighted by Crippen LogP contribution is 2.25. The van der Waals surface area contributed by atoms with Crippen LogP contribution >= 0.6 is 11.8 Å². The first-order valence-electron chi connectivity index (χ1n) is 8.96. The number of ether oxygens (including phenoxy) is 1. The molecule has 4 rings (SSSR count). The standard InChI is InChI=1S/C20H17N5O3S/c1-2-28-17-9-5-15(6-10-17)18-11-12-19-21-22-20(24(19)23-18)29-13-14-3-7-16(8-4-14)25(26)27/h3-12H,2,13H2,1H3. The molecule has 146 valence electrons. The van der Waals surface area contributed by atoms with Crippen molar-refractivity contribution in [3.63, 3.8) is 0 Å². The van der Waals surface area contributed by atoms with Gasteiger partial charge < -0.3 is 4.74 Å². The van der Waals surface area contributed by atoms with Crippen LogP contribution in [-0.2, 0) is 5.75 Å². The lowest BCUT2D eigenvalue weighted by atomic mass is 10.1. The van der Waals surface area contributed by atoms with E-state index < -0.39 is 4.92 Å². The van der Waals surface area contributed by atoms with Crippen molar-refractivity contribution in [3.8, 4) is 17.0 Å². The van der Waals surface area contributed by atoms with E-state index in [0.29, 0.717) is 23.2 Å². The van der Waals surface area contributed by atoms with E-state index >= 15 is 0 Å². The average molecular weight is 407 g/mol. The summed E-state index contributed by atoms with van der Waals surface area (Å²) in [5.41, 5.74) is 3.46. The normalized spacial score (nSPS) is 10.9. The van der Waals surface area contributed by atoms with E-state index in [4.69, 9.17) is 4.74 Å². The van der Waals surface area contributed by atoms with E-state index in [9.17, 15) is 10.1 Å². The van der Waals surface area contributed by atoms with Crippen LogP contribution in [0.15, 0.2) is 65.8 Å². The molecule has 9 heteroatoms. The minimum absolute atomic E-state index is 0.0772. The van der Waals surface area contributed by atoms with Gasteiger partial charge in [-0.3, -0.25) is 10.1 Å². The predicted molar refractivity (Wildman–Crippen MR) is 110 cm³/mol. The fraction of sp³-hybridized carbons (Fsp3) is 0.150. The molecule has 2 aromatic heterocycles. The number of hydrogen-bond donors (Lipinski definition) is 0. The van der Waals surface area contributed by atoms with Crippen molar-refractivity contribution in [1.82, 2.24) is 19.8 Å². The van der Waals surface area contributed by atoms with Crippen LogP contribution in [0.25, 0.3) is 16.9 Å². The molecule has 0 radical (unpaired) electrons. The number of benzene rings is 2. The number of thioether (sulfide) groups is 1. The number of rotatable bonds is 7. The van der Waals surface area contributed by atoms with Crippen LogP contribution in [0.4, 0.5) is 5.69 Å². The third-order valence-electron chi connectivity index (χ3n) is 4.21. The Balaban J connectivity index is 1.54. The number of hydrogen-bond acceptors (Lipinski definition) is 7. The fourth-order valence-corrected chi connectivity index (χ4v) is 3.61. The highest BCUT2D eigenvalue weighted by molar-refractivity contribution is 7.98. The second-order valence-electron chi connectivity index (χ2n) is 6.14. The molecule has 0 saturated heterocycles. The summed E-state index contributed by atoms with van der Waals surface area (Å²) >= 11 is 1.47. The quantitative estimate of drug-likeness (QED) is 0.255. The Bertz CT molecular complexity index is 1140. The van der Waals surface area contributed by atoms with E-state index in [1.165, 1.54) is 23.9 Å². The zero-order valence-corrected chi connectivity index (χ0v) is 16.4. The van der Waals surface area contributed by atoms with Gasteiger partial charge in [-0.2, -0.15) is 9.61 Å². The van der Waals surface area contributed by atoms with E-state index in [0.717, 1.165) is 22.6 Å². The molecular weight excluding hydrogens is 390 g/mol. The van der Waals surface area contributed by atoms with Crippen LogP contribution in [0.3, 0.4) is 0 Å². The largest absolute Gasteiger partial charge is 0.494 e. The Labute approximate surface area is 170 Å². The molecule has 29 heavy (non-hydrogen) atoms. The molecule has 4 aromatic rings. The van der Waals surface area contributed by atoms with Gasteiger partial charge in [0.15, 0.2) is 5.65 Å². The Morgan fingerprint density at radius 3 is 2.48 bits per heavy atom. The zero-order valence-electron chi connectivity index (χ0n) is 15.6. The maximum absolute atomic E-state index is 10.8. The molecule has 0 atom stereocenters. The monoisotopic (exact) mass is 407 g/mol. The summed E-state index contributed by atoms with van der Waals surface area (Å²) in [6, 6.07) is 18.0. The molecule has 0 unspecified atom stereocenters. The van der Waals surface area contributed by atoms with Gasteiger partial charge in [-0.25, -0.2) is 0 Å². The number of nitro groups is 1. The molecule has 0 amide bonds. The van der Waals surface area contributed by atoms with E-state index in [1.54, 1.807) is 16.6 Å². The van der Waals surface area contributed by atoms with Crippen molar-refractivity contribution >= 4 is 23.1 Å². The molecule has 0 saturated carbocycles. The Kier molecular flexibility index (Phi) is 5.39. The van der Waals surface area contributed by atoms with Gasteiger partial charge in [-0.1, -0.05) is 23.9 Å². The molecule has 0 spiro atoms. The van der Waals surface area contributed by atoms with Gasteiger partial charge in [0.25, 0.3) is 5.69 Å². The molecule has 0 fully saturated rings. The molecule has 8 nitrogen and oxygen atoms in total. The smallest absolute Gasteiger partial charge is 0.269 e. The summed E-state index contributed by atoms with van der Waals surface area (Å²) in [7, 11) is 0. The van der Waals surface area contributed by atoms with Crippen molar-refractivity contribution in [1.29, 1.82) is 0 Å². The van der Waals surface area contributed by atoms with Crippen molar-refractivity contribution in [3.05, 3.63) is 76.3 Å². The highest BCUT2D eigenvalue weighted by atomic mass is 32.2. The maximum atomic E-state index is 10.8. The molecule has 0 aliphatic carbocycles. The topological polar surface area (TPSA) is 95.5 Å². The minimum Gasteiger partial charge on any atom is -0.494 e. The first kappa shape index (κ1) is 18.9. The summed E-state index contributed by atoms with van der Waals surface area (Å²) in [5, 5.41) is 24.5. The second kappa shape index (κ2) is 8.27. The van der Waals surface area contributed by atoms with Crippen molar-refractivity contribution in [2.45, 2.75) is 17.8 Å². The van der Waals surface area contributed by atoms with Crippen LogP contribution < -0.4 is 4.74 Å². The average Bonchev–Trinajstić information content (AvgIpc) is 3.15. The van der Waals surface area contributed by atoms with Gasteiger partial charge in [0.05, 0.1) is 17.2 Å². The SMILES string of the molecule is CCOc1ccc(-c2ccc3nnc(SCc4ccc([N+](=O)[O-])cc4)n3n2)cc1. The number of nitro benzene ring substituents is 1. The Morgan fingerprint density at radius 1 is 1.03 bits per heavy atom. The summed E-state index contributed by atoms with van der Waals surface area (Å²) < 4.78 is 7.19. The van der Waals surface area contributed by atoms with Crippen LogP contribution in [0.5, 0.6) is 5.75 Å². The lowest BCUT2D eigenvalue weighted by Gasteiger charge is -2.06. The Morgan fingerprint density at radius 2 is 1.79 bits per heavy atom. The van der Waals surface area contributed by atoms with Crippen LogP contribution in [0, 0.1) is 10.1 Å². The molecule has 0 aliphatic heterocycles. The molecular formula is C20H17N5O3S. The third kappa shape index (κ3) is 4.19. The first-order chi connectivity index (χ1) is 14.1. The summed E-state index contributed by atoms with van der Waals surface area (Å²) in [5.74, 6) is 1.43. The number of nitrogens with zero attached hydrogens (tertiary/aromatic N) is 5.